The molecule has 0 radical (unpaired) electrons. The lowest BCUT2D eigenvalue weighted by atomic mass is 10.0. The number of carbonyl (C=O) groups is 2. The van der Waals surface area contributed by atoms with E-state index in [1.807, 2.05) is 52.0 Å². The lowest BCUT2D eigenvalue weighted by Crippen LogP contribution is -2.50. The van der Waals surface area contributed by atoms with Gasteiger partial charge in [-0.1, -0.05) is 67.9 Å². The number of nitrogens with zero attached hydrogens (tertiary/aromatic N) is 1. The van der Waals surface area contributed by atoms with Crippen molar-refractivity contribution in [3.05, 3.63) is 70.8 Å². The number of rotatable bonds is 10. The van der Waals surface area contributed by atoms with Gasteiger partial charge in [0.25, 0.3) is 0 Å². The number of aryl methyl sites for hydroxylation is 3. The molecule has 1 N–H and O–H groups in total. The molecule has 0 aliphatic heterocycles. The number of amides is 2. The Balaban J connectivity index is 2.17. The van der Waals surface area contributed by atoms with Crippen LogP contribution in [0, 0.1) is 6.92 Å². The van der Waals surface area contributed by atoms with Gasteiger partial charge in [-0.15, -0.1) is 0 Å². The molecule has 0 spiro atoms. The van der Waals surface area contributed by atoms with Gasteiger partial charge in [0.15, 0.2) is 0 Å². The maximum Gasteiger partial charge on any atom is 0.243 e. The molecule has 2 aromatic rings. The summed E-state index contributed by atoms with van der Waals surface area (Å²) in [5, 5.41) is 2.98. The van der Waals surface area contributed by atoms with Crippen LogP contribution in [0.3, 0.4) is 0 Å². The van der Waals surface area contributed by atoms with Crippen molar-refractivity contribution in [3.63, 3.8) is 0 Å². The molecule has 2 amide bonds. The van der Waals surface area contributed by atoms with Crippen LogP contribution in [-0.4, -0.2) is 28.8 Å². The highest BCUT2D eigenvalue weighted by atomic mass is 16.2. The Hall–Kier alpha value is -2.62. The first-order valence-corrected chi connectivity index (χ1v) is 11.1. The lowest BCUT2D eigenvalue weighted by Gasteiger charge is -2.31. The van der Waals surface area contributed by atoms with E-state index >= 15 is 0 Å². The molecule has 4 nitrogen and oxygen atoms in total. The Morgan fingerprint density at radius 1 is 0.900 bits per heavy atom. The zero-order valence-corrected chi connectivity index (χ0v) is 19.1. The van der Waals surface area contributed by atoms with E-state index in [1.54, 1.807) is 4.90 Å². The number of hydrogen-bond acceptors (Lipinski definition) is 2. The number of nitrogens with one attached hydrogen (secondary N) is 1. The summed E-state index contributed by atoms with van der Waals surface area (Å²) in [5.74, 6) is -0.0684. The molecule has 0 aliphatic rings. The highest BCUT2D eigenvalue weighted by Gasteiger charge is 2.28. The molecule has 2 rings (SSSR count). The van der Waals surface area contributed by atoms with Crippen LogP contribution < -0.4 is 5.32 Å². The zero-order chi connectivity index (χ0) is 22.1. The normalized spacial score (nSPS) is 11.9. The molecule has 0 unspecified atom stereocenters. The van der Waals surface area contributed by atoms with Crippen LogP contribution in [0.1, 0.15) is 62.8 Å². The largest absolute Gasteiger partial charge is 0.352 e. The fourth-order valence-corrected chi connectivity index (χ4v) is 3.53. The van der Waals surface area contributed by atoms with Crippen LogP contribution in [0.25, 0.3) is 0 Å². The van der Waals surface area contributed by atoms with Crippen molar-refractivity contribution >= 4 is 11.8 Å². The van der Waals surface area contributed by atoms with Gasteiger partial charge in [-0.3, -0.25) is 9.59 Å². The molecule has 0 bridgehead atoms. The van der Waals surface area contributed by atoms with Crippen LogP contribution in [0.2, 0.25) is 0 Å². The van der Waals surface area contributed by atoms with Crippen LogP contribution in [0.4, 0.5) is 0 Å². The zero-order valence-electron chi connectivity index (χ0n) is 19.1. The second-order valence-corrected chi connectivity index (χ2v) is 8.26. The summed E-state index contributed by atoms with van der Waals surface area (Å²) < 4.78 is 0. The molecule has 30 heavy (non-hydrogen) atoms. The van der Waals surface area contributed by atoms with Crippen molar-refractivity contribution in [1.29, 1.82) is 0 Å². The minimum Gasteiger partial charge on any atom is -0.352 e. The fraction of sp³-hybridized carbons (Fsp3) is 0.462. The quantitative estimate of drug-likeness (QED) is 0.613. The average molecular weight is 409 g/mol. The maximum absolute atomic E-state index is 13.2. The third kappa shape index (κ3) is 7.01. The van der Waals surface area contributed by atoms with Crippen molar-refractivity contribution in [1.82, 2.24) is 10.2 Å². The molecule has 162 valence electrons. The van der Waals surface area contributed by atoms with Gasteiger partial charge in [0.2, 0.25) is 11.8 Å². The molecule has 0 aliphatic carbocycles. The van der Waals surface area contributed by atoms with Gasteiger partial charge in [0.1, 0.15) is 6.04 Å². The monoisotopic (exact) mass is 408 g/mol. The second kappa shape index (κ2) is 11.5. The summed E-state index contributed by atoms with van der Waals surface area (Å²) in [6.45, 7) is 10.5. The summed E-state index contributed by atoms with van der Waals surface area (Å²) in [6, 6.07) is 16.2. The third-order valence-electron chi connectivity index (χ3n) is 5.35. The van der Waals surface area contributed by atoms with Crippen LogP contribution in [-0.2, 0) is 29.0 Å². The van der Waals surface area contributed by atoms with Crippen molar-refractivity contribution in [2.24, 2.45) is 0 Å². The van der Waals surface area contributed by atoms with Crippen molar-refractivity contribution in [3.8, 4) is 0 Å². The first kappa shape index (κ1) is 23.7. The van der Waals surface area contributed by atoms with E-state index in [-0.39, 0.29) is 17.9 Å². The first-order chi connectivity index (χ1) is 14.3. The topological polar surface area (TPSA) is 49.4 Å². The molecular formula is C26H36N2O2. The third-order valence-corrected chi connectivity index (χ3v) is 5.35. The Bertz CT molecular complexity index is 810. The van der Waals surface area contributed by atoms with E-state index in [2.05, 4.69) is 36.5 Å². The molecule has 0 saturated heterocycles. The Morgan fingerprint density at radius 3 is 2.00 bits per heavy atom. The molecular weight excluding hydrogens is 372 g/mol. The molecule has 0 heterocycles. The van der Waals surface area contributed by atoms with E-state index in [1.165, 1.54) is 11.1 Å². The van der Waals surface area contributed by atoms with Crippen molar-refractivity contribution in [2.45, 2.75) is 78.9 Å². The smallest absolute Gasteiger partial charge is 0.243 e. The minimum atomic E-state index is -0.469. The molecule has 0 fully saturated rings. The van der Waals surface area contributed by atoms with Gasteiger partial charge in [0.05, 0.1) is 0 Å². The lowest BCUT2D eigenvalue weighted by molar-refractivity contribution is -0.141. The van der Waals surface area contributed by atoms with Crippen LogP contribution in [0.5, 0.6) is 0 Å². The van der Waals surface area contributed by atoms with E-state index in [0.717, 1.165) is 17.5 Å². The summed E-state index contributed by atoms with van der Waals surface area (Å²) >= 11 is 0. The predicted octanol–water partition coefficient (Wildman–Crippen LogP) is 4.82. The predicted molar refractivity (Wildman–Crippen MR) is 123 cm³/mol. The van der Waals surface area contributed by atoms with Crippen molar-refractivity contribution in [2.75, 3.05) is 0 Å². The van der Waals surface area contributed by atoms with Gasteiger partial charge in [-0.25, -0.2) is 0 Å². The molecule has 0 saturated carbocycles. The highest BCUT2D eigenvalue weighted by Crippen LogP contribution is 2.16. The van der Waals surface area contributed by atoms with E-state index in [0.29, 0.717) is 25.8 Å². The SMILES string of the molecule is CCc1ccc(CCC(=O)N(Cc2ccc(C)cc2)[C@H](CC)C(=O)NC(C)C)cc1. The summed E-state index contributed by atoms with van der Waals surface area (Å²) in [4.78, 5) is 27.8. The highest BCUT2D eigenvalue weighted by molar-refractivity contribution is 5.87. The number of carbonyl (C=O) groups excluding carboxylic acids is 2. The molecule has 0 aromatic heterocycles. The van der Waals surface area contributed by atoms with Crippen LogP contribution >= 0.6 is 0 Å². The van der Waals surface area contributed by atoms with Crippen molar-refractivity contribution < 1.29 is 9.59 Å². The van der Waals surface area contributed by atoms with Gasteiger partial charge < -0.3 is 10.2 Å². The Morgan fingerprint density at radius 2 is 1.47 bits per heavy atom. The Kier molecular flexibility index (Phi) is 9.10. The van der Waals surface area contributed by atoms with Gasteiger partial charge >= 0.3 is 0 Å². The second-order valence-electron chi connectivity index (χ2n) is 8.26. The van der Waals surface area contributed by atoms with Crippen LogP contribution in [0.15, 0.2) is 48.5 Å². The summed E-state index contributed by atoms with van der Waals surface area (Å²) in [7, 11) is 0. The van der Waals surface area contributed by atoms with E-state index < -0.39 is 6.04 Å². The van der Waals surface area contributed by atoms with Gasteiger partial charge in [-0.05, 0) is 56.7 Å². The molecule has 1 atom stereocenters. The summed E-state index contributed by atoms with van der Waals surface area (Å²) in [6.07, 6.45) is 2.66. The van der Waals surface area contributed by atoms with E-state index in [4.69, 9.17) is 0 Å². The number of benzene rings is 2. The first-order valence-electron chi connectivity index (χ1n) is 11.1. The maximum atomic E-state index is 13.2. The van der Waals surface area contributed by atoms with Gasteiger partial charge in [-0.2, -0.15) is 0 Å². The fourth-order valence-electron chi connectivity index (χ4n) is 3.53. The molecule has 2 aromatic carbocycles. The standard InChI is InChI=1S/C26H36N2O2/c1-6-21-12-14-22(15-13-21)16-17-25(29)28(18-23-10-8-20(5)9-11-23)24(7-2)26(30)27-19(3)4/h8-15,19,24H,6-7,16-18H2,1-5H3,(H,27,30)/t24-/m1/s1. The minimum absolute atomic E-state index is 0.0147. The number of hydrogen-bond donors (Lipinski definition) is 1. The molecule has 4 heteroatoms. The summed E-state index contributed by atoms with van der Waals surface area (Å²) in [5.41, 5.74) is 4.66. The Labute approximate surface area is 181 Å². The average Bonchev–Trinajstić information content (AvgIpc) is 2.73. The van der Waals surface area contributed by atoms with Gasteiger partial charge in [0, 0.05) is 19.0 Å². The van der Waals surface area contributed by atoms with E-state index in [9.17, 15) is 9.59 Å².